The highest BCUT2D eigenvalue weighted by molar-refractivity contribution is 6.08. The Morgan fingerprint density at radius 1 is 1.19 bits per heavy atom. The molecular formula is C24H23FN2O4. The van der Waals surface area contributed by atoms with E-state index in [-0.39, 0.29) is 60.1 Å². The van der Waals surface area contributed by atoms with Crippen LogP contribution in [0.3, 0.4) is 0 Å². The number of aryl methyl sites for hydroxylation is 1. The maximum Gasteiger partial charge on any atom is 0.255 e. The monoisotopic (exact) mass is 422 g/mol. The molecule has 6 nitrogen and oxygen atoms in total. The van der Waals surface area contributed by atoms with Crippen molar-refractivity contribution in [3.63, 3.8) is 0 Å². The van der Waals surface area contributed by atoms with Crippen LogP contribution < -0.4 is 5.32 Å². The van der Waals surface area contributed by atoms with E-state index < -0.39 is 23.7 Å². The molecule has 1 aliphatic heterocycles. The maximum absolute atomic E-state index is 15.2. The van der Waals surface area contributed by atoms with E-state index >= 15 is 4.39 Å². The number of halogens is 1. The number of rotatable bonds is 4. The minimum absolute atomic E-state index is 0.0842. The second-order valence-corrected chi connectivity index (χ2v) is 8.23. The fraction of sp³-hybridized carbons (Fsp3) is 0.333. The molecule has 160 valence electrons. The zero-order valence-corrected chi connectivity index (χ0v) is 17.4. The molecule has 1 unspecified atom stereocenters. The first-order valence-electron chi connectivity index (χ1n) is 10.3. The van der Waals surface area contributed by atoms with Gasteiger partial charge in [0.25, 0.3) is 11.8 Å². The number of carbonyl (C=O) groups is 4. The summed E-state index contributed by atoms with van der Waals surface area (Å²) < 4.78 is 15.2. The van der Waals surface area contributed by atoms with Crippen LogP contribution in [0.4, 0.5) is 4.39 Å². The van der Waals surface area contributed by atoms with Crippen LogP contribution in [0, 0.1) is 12.7 Å². The summed E-state index contributed by atoms with van der Waals surface area (Å²) >= 11 is 0. The van der Waals surface area contributed by atoms with Crippen LogP contribution in [0.25, 0.3) is 0 Å². The SMILES string of the molecule is Cc1cccc([C@H](C)NC(=O)c2ccc3c(c2F)CN(C2CCC(=O)CC2=O)C3=O)c1. The average Bonchev–Trinajstić information content (AvgIpc) is 3.05. The number of amides is 2. The lowest BCUT2D eigenvalue weighted by Gasteiger charge is -2.29. The largest absolute Gasteiger partial charge is 0.345 e. The third kappa shape index (κ3) is 3.87. The molecule has 4 rings (SSSR count). The zero-order chi connectivity index (χ0) is 22.3. The molecular weight excluding hydrogens is 399 g/mol. The molecule has 0 bridgehead atoms. The van der Waals surface area contributed by atoms with Crippen molar-refractivity contribution < 1.29 is 23.6 Å². The van der Waals surface area contributed by atoms with Crippen molar-refractivity contribution in [3.8, 4) is 0 Å². The Morgan fingerprint density at radius 2 is 1.97 bits per heavy atom. The Hall–Kier alpha value is -3.35. The van der Waals surface area contributed by atoms with Crippen molar-refractivity contribution in [2.45, 2.75) is 51.7 Å². The van der Waals surface area contributed by atoms with Crippen molar-refractivity contribution in [2.24, 2.45) is 0 Å². The number of nitrogens with one attached hydrogen (secondary N) is 1. The van der Waals surface area contributed by atoms with E-state index in [0.717, 1.165) is 11.1 Å². The molecule has 2 atom stereocenters. The highest BCUT2D eigenvalue weighted by Gasteiger charge is 2.40. The lowest BCUT2D eigenvalue weighted by Crippen LogP contribution is -2.44. The summed E-state index contributed by atoms with van der Waals surface area (Å²) in [7, 11) is 0. The second-order valence-electron chi connectivity index (χ2n) is 8.23. The van der Waals surface area contributed by atoms with Gasteiger partial charge in [0, 0.05) is 17.5 Å². The first-order valence-corrected chi connectivity index (χ1v) is 10.3. The molecule has 2 amide bonds. The Bertz CT molecular complexity index is 1110. The van der Waals surface area contributed by atoms with E-state index in [0.29, 0.717) is 0 Å². The van der Waals surface area contributed by atoms with E-state index in [4.69, 9.17) is 0 Å². The lowest BCUT2D eigenvalue weighted by atomic mass is 9.92. The summed E-state index contributed by atoms with van der Waals surface area (Å²) in [5, 5.41) is 2.80. The van der Waals surface area contributed by atoms with Crippen LogP contribution in [0.15, 0.2) is 36.4 Å². The molecule has 0 radical (unpaired) electrons. The Balaban J connectivity index is 1.55. The van der Waals surface area contributed by atoms with Gasteiger partial charge in [0.15, 0.2) is 5.78 Å². The lowest BCUT2D eigenvalue weighted by molar-refractivity contribution is -0.133. The third-order valence-electron chi connectivity index (χ3n) is 6.01. The van der Waals surface area contributed by atoms with Crippen LogP contribution in [-0.2, 0) is 16.1 Å². The topological polar surface area (TPSA) is 83.6 Å². The van der Waals surface area contributed by atoms with Gasteiger partial charge in [-0.15, -0.1) is 0 Å². The Morgan fingerprint density at radius 3 is 2.68 bits per heavy atom. The molecule has 2 aliphatic rings. The summed E-state index contributed by atoms with van der Waals surface area (Å²) in [6.45, 7) is 3.69. The first-order chi connectivity index (χ1) is 14.8. The van der Waals surface area contributed by atoms with E-state index in [1.54, 1.807) is 0 Å². The number of ketones is 2. The maximum atomic E-state index is 15.2. The number of fused-ring (bicyclic) bond motifs is 1. The highest BCUT2D eigenvalue weighted by Crippen LogP contribution is 2.32. The third-order valence-corrected chi connectivity index (χ3v) is 6.01. The standard InChI is InChI=1S/C24H23FN2O4/c1-13-4-3-5-15(10-13)14(2)26-23(30)18-8-7-17-19(22(18)25)12-27(24(17)31)20-9-6-16(28)11-21(20)29/h3-5,7-8,10,14,20H,6,9,11-12H2,1-2H3,(H,26,30)/t14-,20?/m0/s1. The van der Waals surface area contributed by atoms with Crippen LogP contribution in [0.2, 0.25) is 0 Å². The van der Waals surface area contributed by atoms with Crippen molar-refractivity contribution in [2.75, 3.05) is 0 Å². The van der Waals surface area contributed by atoms with Crippen LogP contribution in [0.5, 0.6) is 0 Å². The zero-order valence-electron chi connectivity index (χ0n) is 17.4. The minimum Gasteiger partial charge on any atom is -0.345 e. The number of benzene rings is 2. The summed E-state index contributed by atoms with van der Waals surface area (Å²) in [4.78, 5) is 50.6. The van der Waals surface area contributed by atoms with E-state index in [9.17, 15) is 19.2 Å². The van der Waals surface area contributed by atoms with Gasteiger partial charge < -0.3 is 10.2 Å². The van der Waals surface area contributed by atoms with Crippen LogP contribution >= 0.6 is 0 Å². The number of carbonyl (C=O) groups excluding carboxylic acids is 4. The summed E-state index contributed by atoms with van der Waals surface area (Å²) in [6.07, 6.45) is 0.279. The van der Waals surface area contributed by atoms with Crippen molar-refractivity contribution in [3.05, 3.63) is 70.0 Å². The molecule has 7 heteroatoms. The van der Waals surface area contributed by atoms with Crippen LogP contribution in [-0.4, -0.2) is 34.3 Å². The van der Waals surface area contributed by atoms with Crippen molar-refractivity contribution in [1.29, 1.82) is 0 Å². The van der Waals surface area contributed by atoms with Gasteiger partial charge in [0.05, 0.1) is 30.6 Å². The summed E-state index contributed by atoms with van der Waals surface area (Å²) in [6, 6.07) is 9.38. The van der Waals surface area contributed by atoms with E-state index in [2.05, 4.69) is 5.32 Å². The highest BCUT2D eigenvalue weighted by atomic mass is 19.1. The van der Waals surface area contributed by atoms with Gasteiger partial charge in [0.2, 0.25) is 0 Å². The van der Waals surface area contributed by atoms with Gasteiger partial charge in [-0.05, 0) is 38.0 Å². The van der Waals surface area contributed by atoms with Crippen molar-refractivity contribution >= 4 is 23.4 Å². The van der Waals surface area contributed by atoms with Gasteiger partial charge in [-0.25, -0.2) is 4.39 Å². The number of nitrogens with zero attached hydrogens (tertiary/aromatic N) is 1. The van der Waals surface area contributed by atoms with Gasteiger partial charge in [-0.3, -0.25) is 19.2 Å². The average molecular weight is 422 g/mol. The Kier molecular flexibility index (Phi) is 5.43. The molecule has 0 spiro atoms. The molecule has 0 aromatic heterocycles. The van der Waals surface area contributed by atoms with Gasteiger partial charge in [0.1, 0.15) is 11.6 Å². The Labute approximate surface area is 179 Å². The minimum atomic E-state index is -0.748. The second kappa shape index (κ2) is 8.06. The van der Waals surface area contributed by atoms with Gasteiger partial charge in [-0.1, -0.05) is 29.8 Å². The fourth-order valence-electron chi connectivity index (χ4n) is 4.29. The number of hydrogen-bond donors (Lipinski definition) is 1. The molecule has 1 fully saturated rings. The predicted octanol–water partition coefficient (Wildman–Crippen LogP) is 3.27. The normalized spacial score (nSPS) is 19.4. The van der Waals surface area contributed by atoms with Crippen LogP contribution in [0.1, 0.15) is 69.6 Å². The van der Waals surface area contributed by atoms with Gasteiger partial charge >= 0.3 is 0 Å². The molecule has 31 heavy (non-hydrogen) atoms. The molecule has 2 aromatic rings. The molecule has 1 N–H and O–H groups in total. The summed E-state index contributed by atoms with van der Waals surface area (Å²) in [5.74, 6) is -2.22. The van der Waals surface area contributed by atoms with Gasteiger partial charge in [-0.2, -0.15) is 0 Å². The molecule has 1 aliphatic carbocycles. The quantitative estimate of drug-likeness (QED) is 0.767. The number of hydrogen-bond acceptors (Lipinski definition) is 4. The summed E-state index contributed by atoms with van der Waals surface area (Å²) in [5.41, 5.74) is 2.09. The fourth-order valence-corrected chi connectivity index (χ4v) is 4.29. The molecule has 2 aromatic carbocycles. The van der Waals surface area contributed by atoms with Crippen molar-refractivity contribution in [1.82, 2.24) is 10.2 Å². The number of Topliss-reactive ketones (excluding diaryl/α,β-unsaturated/α-hetero) is 2. The molecule has 1 heterocycles. The first kappa shape index (κ1) is 20.9. The molecule has 0 saturated heterocycles. The molecule has 1 saturated carbocycles. The predicted molar refractivity (Wildman–Crippen MR) is 111 cm³/mol. The van der Waals surface area contributed by atoms with E-state index in [1.807, 2.05) is 38.1 Å². The van der Waals surface area contributed by atoms with E-state index in [1.165, 1.54) is 17.0 Å². The smallest absolute Gasteiger partial charge is 0.255 e.